The van der Waals surface area contributed by atoms with Gasteiger partial charge in [0.25, 0.3) is 0 Å². The van der Waals surface area contributed by atoms with Gasteiger partial charge >= 0.3 is 0 Å². The Kier molecular flexibility index (Phi) is 7.31. The molecule has 1 aliphatic carbocycles. The molecule has 186 valence electrons. The molecule has 1 aliphatic heterocycles. The summed E-state index contributed by atoms with van der Waals surface area (Å²) >= 11 is 6.69. The monoisotopic (exact) mass is 500 g/mol. The number of likely N-dealkylation sites (tertiary alicyclic amines) is 1. The van der Waals surface area contributed by atoms with Crippen LogP contribution in [-0.4, -0.2) is 63.0 Å². The number of aromatic nitrogens is 4. The van der Waals surface area contributed by atoms with Gasteiger partial charge in [0.2, 0.25) is 5.95 Å². The molecule has 1 saturated heterocycles. The summed E-state index contributed by atoms with van der Waals surface area (Å²) in [5, 5.41) is 27.4. The van der Waals surface area contributed by atoms with Crippen LogP contribution in [0.25, 0.3) is 0 Å². The first-order chi connectivity index (χ1) is 17.1. The lowest BCUT2D eigenvalue weighted by molar-refractivity contribution is 0.276. The Morgan fingerprint density at radius 2 is 1.89 bits per heavy atom. The van der Waals surface area contributed by atoms with E-state index in [9.17, 15) is 9.50 Å². The zero-order valence-electron chi connectivity index (χ0n) is 19.4. The number of H-pyrrole nitrogens is 1. The highest BCUT2D eigenvalue weighted by atomic mass is 35.5. The summed E-state index contributed by atoms with van der Waals surface area (Å²) in [6.45, 7) is 3.58. The molecule has 11 heteroatoms. The average Bonchev–Trinajstić information content (AvgIpc) is 3.37. The van der Waals surface area contributed by atoms with E-state index in [4.69, 9.17) is 11.6 Å². The van der Waals surface area contributed by atoms with Crippen molar-refractivity contribution in [2.45, 2.75) is 37.6 Å². The normalized spacial score (nSPS) is 16.9. The van der Waals surface area contributed by atoms with Gasteiger partial charge in [-0.1, -0.05) is 23.7 Å². The molecule has 0 amide bonds. The molecule has 0 radical (unpaired) electrons. The predicted octanol–water partition coefficient (Wildman–Crippen LogP) is 4.27. The van der Waals surface area contributed by atoms with Gasteiger partial charge < -0.3 is 26.0 Å². The first kappa shape index (κ1) is 23.8. The quantitative estimate of drug-likeness (QED) is 0.265. The third-order valence-electron chi connectivity index (χ3n) is 6.39. The molecule has 1 saturated carbocycles. The summed E-state index contributed by atoms with van der Waals surface area (Å²) in [6.07, 6.45) is 4.80. The van der Waals surface area contributed by atoms with Crippen molar-refractivity contribution in [3.63, 3.8) is 0 Å². The minimum Gasteiger partial charge on any atom is -0.394 e. The molecule has 35 heavy (non-hydrogen) atoms. The van der Waals surface area contributed by atoms with Crippen molar-refractivity contribution >= 4 is 35.0 Å². The van der Waals surface area contributed by atoms with Gasteiger partial charge in [-0.3, -0.25) is 5.10 Å². The maximum absolute atomic E-state index is 13.4. The Morgan fingerprint density at radius 1 is 1.14 bits per heavy atom. The molecule has 2 aromatic heterocycles. The highest BCUT2D eigenvalue weighted by Gasteiger charge is 2.26. The third kappa shape index (κ3) is 6.01. The summed E-state index contributed by atoms with van der Waals surface area (Å²) in [5.41, 5.74) is 1.81. The zero-order valence-corrected chi connectivity index (χ0v) is 20.2. The van der Waals surface area contributed by atoms with Gasteiger partial charge in [0, 0.05) is 30.8 Å². The first-order valence-electron chi connectivity index (χ1n) is 12.1. The Balaban J connectivity index is 1.37. The van der Waals surface area contributed by atoms with E-state index in [-0.39, 0.29) is 18.4 Å². The van der Waals surface area contributed by atoms with Gasteiger partial charge in [0.15, 0.2) is 17.5 Å². The lowest BCUT2D eigenvalue weighted by Gasteiger charge is -2.20. The largest absolute Gasteiger partial charge is 0.394 e. The van der Waals surface area contributed by atoms with Crippen LogP contribution in [0.2, 0.25) is 5.02 Å². The molecule has 5 rings (SSSR count). The van der Waals surface area contributed by atoms with Crippen LogP contribution in [-0.2, 0) is 0 Å². The maximum Gasteiger partial charge on any atom is 0.227 e. The molecule has 9 nitrogen and oxygen atoms in total. The average molecular weight is 501 g/mol. The molecule has 2 aliphatic rings. The molecule has 5 N–H and O–H groups in total. The summed E-state index contributed by atoms with van der Waals surface area (Å²) in [6, 6.07) is 7.41. The van der Waals surface area contributed by atoms with Crippen LogP contribution in [0.5, 0.6) is 0 Å². The fourth-order valence-electron chi connectivity index (χ4n) is 4.26. The maximum atomic E-state index is 13.4. The van der Waals surface area contributed by atoms with E-state index in [1.54, 1.807) is 12.1 Å². The van der Waals surface area contributed by atoms with Gasteiger partial charge in [-0.15, -0.1) is 0 Å². The van der Waals surface area contributed by atoms with Gasteiger partial charge in [-0.25, -0.2) is 4.39 Å². The Bertz CT molecular complexity index is 1130. The van der Waals surface area contributed by atoms with Gasteiger partial charge in [-0.2, -0.15) is 15.1 Å². The number of anilines is 4. The van der Waals surface area contributed by atoms with Gasteiger partial charge in [-0.05, 0) is 56.5 Å². The Labute approximate surface area is 208 Å². The SMILES string of the molecule is OC[C@H](Nc1nc(NCCN2CCCC2)c(Cl)c(Nc2cc(C3CC3)[nH]n2)n1)c1ccc(F)cc1. The number of hydrogen-bond donors (Lipinski definition) is 5. The van der Waals surface area contributed by atoms with Crippen molar-refractivity contribution in [2.75, 3.05) is 48.7 Å². The van der Waals surface area contributed by atoms with Crippen LogP contribution in [0.1, 0.15) is 48.9 Å². The van der Waals surface area contributed by atoms with Crippen molar-refractivity contribution in [3.05, 3.63) is 52.4 Å². The zero-order chi connectivity index (χ0) is 24.2. The van der Waals surface area contributed by atoms with Crippen LogP contribution < -0.4 is 16.0 Å². The molecule has 3 aromatic rings. The number of aliphatic hydroxyl groups excluding tert-OH is 1. The summed E-state index contributed by atoms with van der Waals surface area (Å²) in [7, 11) is 0. The van der Waals surface area contributed by atoms with E-state index in [0.717, 1.165) is 25.3 Å². The van der Waals surface area contributed by atoms with Crippen LogP contribution >= 0.6 is 11.6 Å². The molecule has 2 fully saturated rings. The highest BCUT2D eigenvalue weighted by Crippen LogP contribution is 2.40. The predicted molar refractivity (Wildman–Crippen MR) is 135 cm³/mol. The second kappa shape index (κ2) is 10.8. The van der Waals surface area contributed by atoms with E-state index >= 15 is 0 Å². The minimum atomic E-state index is -0.520. The second-order valence-electron chi connectivity index (χ2n) is 9.07. The third-order valence-corrected chi connectivity index (χ3v) is 6.75. The Morgan fingerprint density at radius 3 is 2.60 bits per heavy atom. The lowest BCUT2D eigenvalue weighted by atomic mass is 10.1. The second-order valence-corrected chi connectivity index (χ2v) is 9.45. The standard InChI is InChI=1S/C24H30ClFN8O/c25-21-22(27-9-12-34-10-1-2-11-34)30-24(28-19(14-35)16-5-7-17(26)8-6-16)31-23(21)29-20-13-18(32-33-20)15-3-4-15/h5-8,13,15,19,35H,1-4,9-12,14H2,(H4,27,28,29,30,31,32,33)/t19-/m0/s1. The summed E-state index contributed by atoms with van der Waals surface area (Å²) < 4.78 is 13.4. The van der Waals surface area contributed by atoms with E-state index in [2.05, 4.69) is 41.0 Å². The smallest absolute Gasteiger partial charge is 0.227 e. The van der Waals surface area contributed by atoms with E-state index in [0.29, 0.717) is 40.5 Å². The number of halogens is 2. The van der Waals surface area contributed by atoms with Crippen LogP contribution in [0.4, 0.5) is 27.8 Å². The number of hydrogen-bond acceptors (Lipinski definition) is 8. The first-order valence-corrected chi connectivity index (χ1v) is 12.5. The molecule has 3 heterocycles. The van der Waals surface area contributed by atoms with Crippen molar-refractivity contribution in [2.24, 2.45) is 0 Å². The molecule has 0 unspecified atom stereocenters. The number of aliphatic hydroxyl groups is 1. The topological polar surface area (TPSA) is 114 Å². The van der Waals surface area contributed by atoms with E-state index in [1.807, 2.05) is 6.07 Å². The van der Waals surface area contributed by atoms with Crippen LogP contribution in [0.15, 0.2) is 30.3 Å². The number of aromatic amines is 1. The van der Waals surface area contributed by atoms with Gasteiger partial charge in [0.1, 0.15) is 10.8 Å². The molecule has 1 aromatic carbocycles. The van der Waals surface area contributed by atoms with Crippen molar-refractivity contribution in [3.8, 4) is 0 Å². The number of benzene rings is 1. The lowest BCUT2D eigenvalue weighted by Crippen LogP contribution is -2.26. The summed E-state index contributed by atoms with van der Waals surface area (Å²) in [5.74, 6) is 1.99. The highest BCUT2D eigenvalue weighted by molar-refractivity contribution is 6.35. The van der Waals surface area contributed by atoms with Crippen molar-refractivity contribution < 1.29 is 9.50 Å². The number of nitrogens with one attached hydrogen (secondary N) is 4. The van der Waals surface area contributed by atoms with Crippen molar-refractivity contribution in [1.82, 2.24) is 25.1 Å². The molecular weight excluding hydrogens is 471 g/mol. The molecule has 0 bridgehead atoms. The van der Waals surface area contributed by atoms with Crippen LogP contribution in [0.3, 0.4) is 0 Å². The molecule has 0 spiro atoms. The minimum absolute atomic E-state index is 0.220. The molecular formula is C24H30ClFN8O. The number of nitrogens with zero attached hydrogens (tertiary/aromatic N) is 4. The van der Waals surface area contributed by atoms with Crippen molar-refractivity contribution in [1.29, 1.82) is 0 Å². The van der Waals surface area contributed by atoms with E-state index < -0.39 is 6.04 Å². The van der Waals surface area contributed by atoms with Crippen LogP contribution in [0, 0.1) is 5.82 Å². The Hall–Kier alpha value is -2.95. The van der Waals surface area contributed by atoms with Gasteiger partial charge in [0.05, 0.1) is 12.6 Å². The fraction of sp³-hybridized carbons (Fsp3) is 0.458. The number of rotatable bonds is 11. The fourth-order valence-corrected chi connectivity index (χ4v) is 4.46. The molecule has 1 atom stereocenters. The summed E-state index contributed by atoms with van der Waals surface area (Å²) in [4.78, 5) is 11.5. The van der Waals surface area contributed by atoms with E-state index in [1.165, 1.54) is 37.8 Å².